The zero-order chi connectivity index (χ0) is 13.7. The number of benzene rings is 1. The van der Waals surface area contributed by atoms with Gasteiger partial charge in [0, 0.05) is 12.1 Å². The second-order valence-corrected chi connectivity index (χ2v) is 4.11. The van der Waals surface area contributed by atoms with Gasteiger partial charge in [-0.1, -0.05) is 37.3 Å². The molecule has 0 bridgehead atoms. The molecule has 0 saturated carbocycles. The largest absolute Gasteiger partial charge is 0.382 e. The van der Waals surface area contributed by atoms with Crippen LogP contribution in [-0.4, -0.2) is 22.4 Å². The third-order valence-corrected chi connectivity index (χ3v) is 2.62. The molecule has 98 valence electrons. The zero-order valence-electron chi connectivity index (χ0n) is 10.8. The van der Waals surface area contributed by atoms with E-state index in [4.69, 9.17) is 5.73 Å². The molecular formula is C14H16N4O. The van der Waals surface area contributed by atoms with E-state index in [1.54, 1.807) is 6.20 Å². The summed E-state index contributed by atoms with van der Waals surface area (Å²) in [5.41, 5.74) is 7.42. The number of hydrogen-bond donors (Lipinski definition) is 2. The van der Waals surface area contributed by atoms with Gasteiger partial charge in [-0.2, -0.15) is 0 Å². The van der Waals surface area contributed by atoms with Gasteiger partial charge in [-0.3, -0.25) is 4.79 Å². The Morgan fingerprint density at radius 3 is 2.74 bits per heavy atom. The highest BCUT2D eigenvalue weighted by atomic mass is 16.1. The normalized spacial score (nSPS) is 10.2. The quantitative estimate of drug-likeness (QED) is 0.875. The molecule has 1 heterocycles. The van der Waals surface area contributed by atoms with Crippen LogP contribution in [0, 0.1) is 0 Å². The molecule has 0 aliphatic heterocycles. The minimum Gasteiger partial charge on any atom is -0.382 e. The summed E-state index contributed by atoms with van der Waals surface area (Å²) in [6, 6.07) is 9.55. The van der Waals surface area contributed by atoms with E-state index in [1.807, 2.05) is 37.3 Å². The number of nitrogens with zero attached hydrogens (tertiary/aromatic N) is 2. The first kappa shape index (κ1) is 13.0. The first-order valence-electron chi connectivity index (χ1n) is 6.18. The Balaban J connectivity index is 2.32. The van der Waals surface area contributed by atoms with Crippen molar-refractivity contribution in [3.63, 3.8) is 0 Å². The third-order valence-electron chi connectivity index (χ3n) is 2.62. The molecule has 5 heteroatoms. The molecule has 2 rings (SSSR count). The summed E-state index contributed by atoms with van der Waals surface area (Å²) in [5.74, 6) is -0.141. The van der Waals surface area contributed by atoms with Crippen LogP contribution in [0.4, 0.5) is 5.82 Å². The van der Waals surface area contributed by atoms with Gasteiger partial charge >= 0.3 is 0 Å². The van der Waals surface area contributed by atoms with Crippen molar-refractivity contribution in [1.29, 1.82) is 0 Å². The van der Waals surface area contributed by atoms with Crippen molar-refractivity contribution in [3.05, 3.63) is 42.2 Å². The molecule has 1 amide bonds. The van der Waals surface area contributed by atoms with E-state index in [1.165, 1.54) is 0 Å². The number of carbonyl (C=O) groups is 1. The lowest BCUT2D eigenvalue weighted by Crippen LogP contribution is -2.26. The zero-order valence-corrected chi connectivity index (χ0v) is 10.8. The first-order valence-corrected chi connectivity index (χ1v) is 6.18. The number of aromatic nitrogens is 2. The molecular weight excluding hydrogens is 240 g/mol. The maximum Gasteiger partial charge on any atom is 0.273 e. The summed E-state index contributed by atoms with van der Waals surface area (Å²) in [5, 5.41) is 2.75. The van der Waals surface area contributed by atoms with Crippen LogP contribution in [0.5, 0.6) is 0 Å². The summed E-state index contributed by atoms with van der Waals surface area (Å²) >= 11 is 0. The van der Waals surface area contributed by atoms with E-state index in [0.29, 0.717) is 12.2 Å². The summed E-state index contributed by atoms with van der Waals surface area (Å²) < 4.78 is 0. The molecule has 1 aromatic carbocycles. The number of nitrogen functional groups attached to an aromatic ring is 1. The van der Waals surface area contributed by atoms with Gasteiger partial charge in [0.1, 0.15) is 0 Å². The van der Waals surface area contributed by atoms with Gasteiger partial charge in [-0.05, 0) is 6.42 Å². The molecule has 0 unspecified atom stereocenters. The predicted octanol–water partition coefficient (Wildman–Crippen LogP) is 1.87. The molecule has 0 radical (unpaired) electrons. The van der Waals surface area contributed by atoms with Gasteiger partial charge in [-0.15, -0.1) is 0 Å². The molecule has 0 aliphatic carbocycles. The lowest BCUT2D eigenvalue weighted by atomic mass is 10.1. The molecule has 0 atom stereocenters. The highest BCUT2D eigenvalue weighted by Gasteiger charge is 2.13. The predicted molar refractivity (Wildman–Crippen MR) is 74.5 cm³/mol. The fraction of sp³-hybridized carbons (Fsp3) is 0.214. The topological polar surface area (TPSA) is 80.9 Å². The lowest BCUT2D eigenvalue weighted by molar-refractivity contribution is 0.0949. The number of anilines is 1. The molecule has 2 aromatic rings. The number of rotatable bonds is 4. The van der Waals surface area contributed by atoms with Crippen molar-refractivity contribution < 1.29 is 4.79 Å². The van der Waals surface area contributed by atoms with Crippen LogP contribution in [0.1, 0.15) is 23.8 Å². The van der Waals surface area contributed by atoms with Crippen LogP contribution in [0.15, 0.2) is 36.5 Å². The Kier molecular flexibility index (Phi) is 4.07. The number of amides is 1. The summed E-state index contributed by atoms with van der Waals surface area (Å²) in [6.07, 6.45) is 2.43. The minimum absolute atomic E-state index is 0.147. The Morgan fingerprint density at radius 1 is 1.32 bits per heavy atom. The standard InChI is InChI=1S/C14H16N4O/c1-2-8-16-14(19)12-13(15)17-9-11(18-12)10-6-4-3-5-7-10/h3-7,9H,2,8H2,1H3,(H2,15,17)(H,16,19). The van der Waals surface area contributed by atoms with E-state index >= 15 is 0 Å². The van der Waals surface area contributed by atoms with Gasteiger partial charge in [0.15, 0.2) is 11.5 Å². The highest BCUT2D eigenvalue weighted by molar-refractivity contribution is 5.96. The fourth-order valence-corrected chi connectivity index (χ4v) is 1.64. The van der Waals surface area contributed by atoms with Gasteiger partial charge in [0.05, 0.1) is 11.9 Å². The molecule has 0 aliphatic rings. The van der Waals surface area contributed by atoms with Gasteiger partial charge in [0.2, 0.25) is 0 Å². The van der Waals surface area contributed by atoms with Crippen molar-refractivity contribution in [2.24, 2.45) is 0 Å². The SMILES string of the molecule is CCCNC(=O)c1nc(-c2ccccc2)cnc1N. The molecule has 19 heavy (non-hydrogen) atoms. The summed E-state index contributed by atoms with van der Waals surface area (Å²) in [4.78, 5) is 20.2. The second-order valence-electron chi connectivity index (χ2n) is 4.11. The molecule has 1 aromatic heterocycles. The number of carbonyl (C=O) groups excluding carboxylic acids is 1. The van der Waals surface area contributed by atoms with E-state index in [-0.39, 0.29) is 17.4 Å². The van der Waals surface area contributed by atoms with Crippen molar-refractivity contribution >= 4 is 11.7 Å². The highest BCUT2D eigenvalue weighted by Crippen LogP contribution is 2.17. The van der Waals surface area contributed by atoms with Crippen molar-refractivity contribution in [2.45, 2.75) is 13.3 Å². The Morgan fingerprint density at radius 2 is 2.05 bits per heavy atom. The van der Waals surface area contributed by atoms with Crippen LogP contribution in [-0.2, 0) is 0 Å². The van der Waals surface area contributed by atoms with E-state index in [9.17, 15) is 4.79 Å². The smallest absolute Gasteiger partial charge is 0.273 e. The van der Waals surface area contributed by atoms with Crippen molar-refractivity contribution in [2.75, 3.05) is 12.3 Å². The Bertz CT molecular complexity index is 569. The molecule has 0 spiro atoms. The Labute approximate surface area is 111 Å². The van der Waals surface area contributed by atoms with Crippen LogP contribution in [0.25, 0.3) is 11.3 Å². The first-order chi connectivity index (χ1) is 9.22. The number of hydrogen-bond acceptors (Lipinski definition) is 4. The Hall–Kier alpha value is -2.43. The lowest BCUT2D eigenvalue weighted by Gasteiger charge is -2.07. The van der Waals surface area contributed by atoms with Gasteiger partial charge < -0.3 is 11.1 Å². The third kappa shape index (κ3) is 3.07. The summed E-state index contributed by atoms with van der Waals surface area (Å²) in [6.45, 7) is 2.57. The average molecular weight is 256 g/mol. The van der Waals surface area contributed by atoms with Gasteiger partial charge in [-0.25, -0.2) is 9.97 Å². The van der Waals surface area contributed by atoms with E-state index in [0.717, 1.165) is 12.0 Å². The van der Waals surface area contributed by atoms with Crippen LogP contribution < -0.4 is 11.1 Å². The number of nitrogens with one attached hydrogen (secondary N) is 1. The maximum atomic E-state index is 11.9. The fourth-order valence-electron chi connectivity index (χ4n) is 1.64. The number of nitrogens with two attached hydrogens (primary N) is 1. The van der Waals surface area contributed by atoms with Crippen LogP contribution >= 0.6 is 0 Å². The van der Waals surface area contributed by atoms with Crippen molar-refractivity contribution in [1.82, 2.24) is 15.3 Å². The molecule has 5 nitrogen and oxygen atoms in total. The monoisotopic (exact) mass is 256 g/mol. The van der Waals surface area contributed by atoms with Gasteiger partial charge in [0.25, 0.3) is 5.91 Å². The van der Waals surface area contributed by atoms with Crippen LogP contribution in [0.2, 0.25) is 0 Å². The van der Waals surface area contributed by atoms with E-state index < -0.39 is 0 Å². The molecule has 0 saturated heterocycles. The molecule has 3 N–H and O–H groups in total. The van der Waals surface area contributed by atoms with E-state index in [2.05, 4.69) is 15.3 Å². The minimum atomic E-state index is -0.287. The maximum absolute atomic E-state index is 11.9. The average Bonchev–Trinajstić information content (AvgIpc) is 2.46. The van der Waals surface area contributed by atoms with Crippen LogP contribution in [0.3, 0.4) is 0 Å². The second kappa shape index (κ2) is 5.95. The molecule has 0 fully saturated rings. The summed E-state index contributed by atoms with van der Waals surface area (Å²) in [7, 11) is 0. The van der Waals surface area contributed by atoms with Crippen molar-refractivity contribution in [3.8, 4) is 11.3 Å².